The third-order valence-corrected chi connectivity index (χ3v) is 4.68. The Kier molecular flexibility index (Phi) is 6.24. The van der Waals surface area contributed by atoms with Crippen molar-refractivity contribution in [3.05, 3.63) is 53.3 Å². The molecule has 27 heavy (non-hydrogen) atoms. The van der Waals surface area contributed by atoms with Crippen molar-refractivity contribution in [1.29, 1.82) is 0 Å². The number of hydrogen-bond donors (Lipinski definition) is 0. The zero-order valence-corrected chi connectivity index (χ0v) is 15.7. The van der Waals surface area contributed by atoms with Gasteiger partial charge in [0.05, 0.1) is 14.2 Å². The van der Waals surface area contributed by atoms with E-state index in [9.17, 15) is 9.18 Å². The van der Waals surface area contributed by atoms with Gasteiger partial charge in [0.15, 0.2) is 0 Å². The van der Waals surface area contributed by atoms with Crippen LogP contribution in [0.2, 0.25) is 0 Å². The van der Waals surface area contributed by atoms with E-state index < -0.39 is 5.97 Å². The van der Waals surface area contributed by atoms with E-state index in [1.807, 2.05) is 18.2 Å². The number of anilines is 1. The molecule has 1 aromatic heterocycles. The Balaban J connectivity index is 1.67. The molecule has 0 aliphatic carbocycles. The van der Waals surface area contributed by atoms with Gasteiger partial charge in [-0.05, 0) is 36.2 Å². The molecule has 0 radical (unpaired) electrons. The Morgan fingerprint density at radius 1 is 1.07 bits per heavy atom. The average molecular weight is 373 g/mol. The molecule has 1 aromatic carbocycles. The van der Waals surface area contributed by atoms with Gasteiger partial charge in [0.2, 0.25) is 5.88 Å². The second-order valence-electron chi connectivity index (χ2n) is 6.46. The lowest BCUT2D eigenvalue weighted by Crippen LogP contribution is -2.31. The standard InChI is InChI=1S/C20H24FN3O3/c1-26-19-17(20(25)27-2)8-9-18(22-19)24-11-3-10-23(12-13-24)14-15-4-6-16(21)7-5-15/h4-9H,3,10-14H2,1-2H3. The maximum Gasteiger partial charge on any atom is 0.343 e. The summed E-state index contributed by atoms with van der Waals surface area (Å²) in [6, 6.07) is 10.2. The minimum absolute atomic E-state index is 0.212. The first-order chi connectivity index (χ1) is 13.1. The van der Waals surface area contributed by atoms with Crippen LogP contribution in [0, 0.1) is 5.82 Å². The molecule has 1 aliphatic heterocycles. The highest BCUT2D eigenvalue weighted by Gasteiger charge is 2.20. The van der Waals surface area contributed by atoms with Crippen molar-refractivity contribution in [3.63, 3.8) is 0 Å². The molecule has 0 spiro atoms. The van der Waals surface area contributed by atoms with Crippen molar-refractivity contribution >= 4 is 11.8 Å². The molecular weight excluding hydrogens is 349 g/mol. The zero-order chi connectivity index (χ0) is 19.2. The summed E-state index contributed by atoms with van der Waals surface area (Å²) in [5.41, 5.74) is 1.42. The van der Waals surface area contributed by atoms with Crippen LogP contribution >= 0.6 is 0 Å². The molecule has 6 nitrogen and oxygen atoms in total. The van der Waals surface area contributed by atoms with Gasteiger partial charge in [0.1, 0.15) is 17.2 Å². The first-order valence-electron chi connectivity index (χ1n) is 8.96. The number of aromatic nitrogens is 1. The SMILES string of the molecule is COC(=O)c1ccc(N2CCCN(Cc3ccc(F)cc3)CC2)nc1OC. The molecule has 1 fully saturated rings. The van der Waals surface area contributed by atoms with Crippen molar-refractivity contribution in [2.45, 2.75) is 13.0 Å². The van der Waals surface area contributed by atoms with Gasteiger partial charge in [-0.3, -0.25) is 4.90 Å². The maximum absolute atomic E-state index is 13.1. The van der Waals surface area contributed by atoms with Crippen molar-refractivity contribution in [2.24, 2.45) is 0 Å². The molecule has 2 aromatic rings. The van der Waals surface area contributed by atoms with Crippen LogP contribution < -0.4 is 9.64 Å². The first kappa shape index (κ1) is 19.1. The molecule has 1 aliphatic rings. The molecule has 0 N–H and O–H groups in total. The van der Waals surface area contributed by atoms with Crippen LogP contribution in [0.5, 0.6) is 5.88 Å². The summed E-state index contributed by atoms with van der Waals surface area (Å²) in [7, 11) is 2.83. The summed E-state index contributed by atoms with van der Waals surface area (Å²) in [5.74, 6) is 0.373. The number of pyridine rings is 1. The van der Waals surface area contributed by atoms with E-state index in [-0.39, 0.29) is 11.7 Å². The smallest absolute Gasteiger partial charge is 0.343 e. The Morgan fingerprint density at radius 2 is 1.85 bits per heavy atom. The van der Waals surface area contributed by atoms with Gasteiger partial charge >= 0.3 is 5.97 Å². The summed E-state index contributed by atoms with van der Waals surface area (Å²) < 4.78 is 23.1. The highest BCUT2D eigenvalue weighted by molar-refractivity contribution is 5.92. The summed E-state index contributed by atoms with van der Waals surface area (Å²) in [6.45, 7) is 4.32. The Bertz CT molecular complexity index is 783. The Labute approximate surface area is 158 Å². The largest absolute Gasteiger partial charge is 0.480 e. The third-order valence-electron chi connectivity index (χ3n) is 4.68. The summed E-state index contributed by atoms with van der Waals surface area (Å²) in [4.78, 5) is 20.8. The van der Waals surface area contributed by atoms with E-state index in [2.05, 4.69) is 14.8 Å². The lowest BCUT2D eigenvalue weighted by molar-refractivity contribution is 0.0596. The van der Waals surface area contributed by atoms with Crippen molar-refractivity contribution in [2.75, 3.05) is 45.3 Å². The molecule has 1 saturated heterocycles. The number of benzene rings is 1. The fourth-order valence-corrected chi connectivity index (χ4v) is 3.23. The van der Waals surface area contributed by atoms with Gasteiger partial charge in [0, 0.05) is 32.7 Å². The van der Waals surface area contributed by atoms with Crippen LogP contribution in [0.4, 0.5) is 10.2 Å². The molecule has 7 heteroatoms. The number of halogens is 1. The van der Waals surface area contributed by atoms with Crippen LogP contribution in [-0.4, -0.2) is 56.3 Å². The number of ether oxygens (including phenoxy) is 2. The van der Waals surface area contributed by atoms with Gasteiger partial charge in [-0.15, -0.1) is 0 Å². The fourth-order valence-electron chi connectivity index (χ4n) is 3.23. The van der Waals surface area contributed by atoms with Crippen molar-refractivity contribution in [1.82, 2.24) is 9.88 Å². The molecule has 144 valence electrons. The second-order valence-corrected chi connectivity index (χ2v) is 6.46. The number of carbonyl (C=O) groups excluding carboxylic acids is 1. The van der Waals surface area contributed by atoms with Crippen LogP contribution in [-0.2, 0) is 11.3 Å². The van der Waals surface area contributed by atoms with Crippen molar-refractivity contribution < 1.29 is 18.7 Å². The molecule has 2 heterocycles. The normalized spacial score (nSPS) is 15.3. The van der Waals surface area contributed by atoms with Gasteiger partial charge in [-0.2, -0.15) is 4.98 Å². The van der Waals surface area contributed by atoms with E-state index in [4.69, 9.17) is 9.47 Å². The van der Waals surface area contributed by atoms with E-state index in [0.29, 0.717) is 5.56 Å². The van der Waals surface area contributed by atoms with E-state index >= 15 is 0 Å². The molecule has 3 rings (SSSR count). The first-order valence-corrected chi connectivity index (χ1v) is 8.96. The molecule has 0 bridgehead atoms. The van der Waals surface area contributed by atoms with Gasteiger partial charge in [0.25, 0.3) is 0 Å². The number of carbonyl (C=O) groups is 1. The van der Waals surface area contributed by atoms with Gasteiger partial charge < -0.3 is 14.4 Å². The lowest BCUT2D eigenvalue weighted by atomic mass is 10.2. The van der Waals surface area contributed by atoms with Crippen LogP contribution in [0.1, 0.15) is 22.3 Å². The molecule has 0 saturated carbocycles. The Morgan fingerprint density at radius 3 is 2.56 bits per heavy atom. The van der Waals surface area contributed by atoms with E-state index in [1.54, 1.807) is 6.07 Å². The minimum atomic E-state index is -0.466. The predicted molar refractivity (Wildman–Crippen MR) is 101 cm³/mol. The number of hydrogen-bond acceptors (Lipinski definition) is 6. The second kappa shape index (κ2) is 8.81. The highest BCUT2D eigenvalue weighted by atomic mass is 19.1. The third kappa shape index (κ3) is 4.74. The Hall–Kier alpha value is -2.67. The molecular formula is C20H24FN3O3. The van der Waals surface area contributed by atoms with E-state index in [0.717, 1.165) is 50.5 Å². The summed E-state index contributed by atoms with van der Waals surface area (Å²) >= 11 is 0. The van der Waals surface area contributed by atoms with E-state index in [1.165, 1.54) is 26.4 Å². The number of methoxy groups -OCH3 is 2. The monoisotopic (exact) mass is 373 g/mol. The molecule has 0 amide bonds. The van der Waals surface area contributed by atoms with Gasteiger partial charge in [-0.25, -0.2) is 9.18 Å². The molecule has 0 unspecified atom stereocenters. The summed E-state index contributed by atoms with van der Waals surface area (Å²) in [5, 5.41) is 0. The number of nitrogens with zero attached hydrogens (tertiary/aromatic N) is 3. The van der Waals surface area contributed by atoms with Crippen LogP contribution in [0.3, 0.4) is 0 Å². The zero-order valence-electron chi connectivity index (χ0n) is 15.7. The lowest BCUT2D eigenvalue weighted by Gasteiger charge is -2.23. The minimum Gasteiger partial charge on any atom is -0.480 e. The highest BCUT2D eigenvalue weighted by Crippen LogP contribution is 2.23. The van der Waals surface area contributed by atoms with Crippen LogP contribution in [0.25, 0.3) is 0 Å². The van der Waals surface area contributed by atoms with Gasteiger partial charge in [-0.1, -0.05) is 12.1 Å². The molecule has 0 atom stereocenters. The maximum atomic E-state index is 13.1. The van der Waals surface area contributed by atoms with Crippen molar-refractivity contribution in [3.8, 4) is 5.88 Å². The average Bonchev–Trinajstić information content (AvgIpc) is 2.94. The predicted octanol–water partition coefficient (Wildman–Crippen LogP) is 2.73. The fraction of sp³-hybridized carbons (Fsp3) is 0.400. The van der Waals surface area contributed by atoms with Crippen LogP contribution in [0.15, 0.2) is 36.4 Å². The number of esters is 1. The number of rotatable bonds is 5. The topological polar surface area (TPSA) is 54.9 Å². The quantitative estimate of drug-likeness (QED) is 0.752. The summed E-state index contributed by atoms with van der Waals surface area (Å²) in [6.07, 6.45) is 0.990.